The number of non-ortho nitro benzene ring substituents is 1. The zero-order chi connectivity index (χ0) is 14.5. The maximum absolute atomic E-state index is 12.0. The van der Waals surface area contributed by atoms with Crippen molar-refractivity contribution in [1.29, 1.82) is 0 Å². The first-order valence-electron chi connectivity index (χ1n) is 5.67. The van der Waals surface area contributed by atoms with Gasteiger partial charge in [0, 0.05) is 18.7 Å². The molecule has 1 aromatic carbocycles. The van der Waals surface area contributed by atoms with E-state index in [4.69, 9.17) is 5.84 Å². The minimum atomic E-state index is -3.83. The summed E-state index contributed by atoms with van der Waals surface area (Å²) in [5.74, 6) is 5.22. The number of nitrogens with one attached hydrogen (secondary N) is 2. The number of anilines is 1. The summed E-state index contributed by atoms with van der Waals surface area (Å²) in [6.07, 6.45) is 1.51. The van der Waals surface area contributed by atoms with Crippen molar-refractivity contribution < 1.29 is 13.3 Å². The lowest BCUT2D eigenvalue weighted by atomic mass is 10.3. The number of nitro groups is 1. The molecule has 1 rings (SSSR count). The molecule has 0 amide bonds. The summed E-state index contributed by atoms with van der Waals surface area (Å²) in [6.45, 7) is 2.19. The van der Waals surface area contributed by atoms with Gasteiger partial charge in [-0.3, -0.25) is 16.0 Å². The van der Waals surface area contributed by atoms with Crippen LogP contribution < -0.4 is 16.0 Å². The van der Waals surface area contributed by atoms with Gasteiger partial charge in [0.25, 0.3) is 5.69 Å². The fourth-order valence-electron chi connectivity index (χ4n) is 1.43. The van der Waals surface area contributed by atoms with Crippen molar-refractivity contribution in [3.8, 4) is 0 Å². The van der Waals surface area contributed by atoms with Gasteiger partial charge >= 0.3 is 0 Å². The van der Waals surface area contributed by atoms with Crippen LogP contribution in [0.15, 0.2) is 23.1 Å². The topological polar surface area (TPSA) is 127 Å². The Balaban J connectivity index is 3.15. The molecule has 0 unspecified atom stereocenters. The Kier molecular flexibility index (Phi) is 5.21. The minimum absolute atomic E-state index is 0.106. The average molecular weight is 288 g/mol. The molecule has 0 aromatic heterocycles. The molecular weight excluding hydrogens is 272 g/mol. The molecule has 0 atom stereocenters. The number of hydrogen-bond donors (Lipinski definition) is 3. The first kappa shape index (κ1) is 15.3. The van der Waals surface area contributed by atoms with Crippen molar-refractivity contribution in [3.63, 3.8) is 0 Å². The van der Waals surface area contributed by atoms with Gasteiger partial charge in [0.15, 0.2) is 0 Å². The lowest BCUT2D eigenvalue weighted by Gasteiger charge is -2.10. The van der Waals surface area contributed by atoms with Gasteiger partial charge in [-0.05, 0) is 12.5 Å². The smallest absolute Gasteiger partial charge is 0.270 e. The van der Waals surface area contributed by atoms with Crippen LogP contribution in [0.2, 0.25) is 0 Å². The van der Waals surface area contributed by atoms with Crippen molar-refractivity contribution in [1.82, 2.24) is 4.72 Å². The van der Waals surface area contributed by atoms with E-state index in [-0.39, 0.29) is 22.8 Å². The van der Waals surface area contributed by atoms with Crippen LogP contribution >= 0.6 is 0 Å². The van der Waals surface area contributed by atoms with Gasteiger partial charge in [-0.25, -0.2) is 13.1 Å². The van der Waals surface area contributed by atoms with Crippen LogP contribution in [0.1, 0.15) is 19.8 Å². The predicted molar refractivity (Wildman–Crippen MR) is 71.0 cm³/mol. The summed E-state index contributed by atoms with van der Waals surface area (Å²) in [5.41, 5.74) is 2.01. The van der Waals surface area contributed by atoms with Crippen LogP contribution in [0.5, 0.6) is 0 Å². The Morgan fingerprint density at radius 3 is 2.63 bits per heavy atom. The van der Waals surface area contributed by atoms with Crippen molar-refractivity contribution >= 4 is 21.4 Å². The fraction of sp³-hybridized carbons (Fsp3) is 0.400. The molecule has 0 fully saturated rings. The Morgan fingerprint density at radius 1 is 1.42 bits per heavy atom. The van der Waals surface area contributed by atoms with Crippen LogP contribution in [0.25, 0.3) is 0 Å². The van der Waals surface area contributed by atoms with Gasteiger partial charge in [0.2, 0.25) is 10.0 Å². The number of rotatable bonds is 7. The highest BCUT2D eigenvalue weighted by Crippen LogP contribution is 2.25. The summed E-state index contributed by atoms with van der Waals surface area (Å²) in [6, 6.07) is 3.41. The first-order valence-corrected chi connectivity index (χ1v) is 7.15. The summed E-state index contributed by atoms with van der Waals surface area (Å²) in [5, 5.41) is 10.7. The maximum atomic E-state index is 12.0. The molecular formula is C10H16N4O4S. The highest BCUT2D eigenvalue weighted by atomic mass is 32.2. The van der Waals surface area contributed by atoms with Crippen molar-refractivity contribution in [3.05, 3.63) is 28.3 Å². The molecule has 9 heteroatoms. The van der Waals surface area contributed by atoms with Crippen molar-refractivity contribution in [2.45, 2.75) is 24.7 Å². The molecule has 106 valence electrons. The van der Waals surface area contributed by atoms with Gasteiger partial charge < -0.3 is 5.43 Å². The largest absolute Gasteiger partial charge is 0.323 e. The lowest BCUT2D eigenvalue weighted by molar-refractivity contribution is -0.385. The van der Waals surface area contributed by atoms with Crippen LogP contribution in [0, 0.1) is 10.1 Å². The zero-order valence-corrected chi connectivity index (χ0v) is 11.2. The fourth-order valence-corrected chi connectivity index (χ4v) is 2.69. The van der Waals surface area contributed by atoms with E-state index in [0.29, 0.717) is 6.42 Å². The maximum Gasteiger partial charge on any atom is 0.270 e. The van der Waals surface area contributed by atoms with E-state index < -0.39 is 14.9 Å². The third kappa shape index (κ3) is 3.88. The summed E-state index contributed by atoms with van der Waals surface area (Å²) < 4.78 is 26.4. The van der Waals surface area contributed by atoms with Crippen LogP contribution in [0.3, 0.4) is 0 Å². The number of nitro benzene ring substituents is 1. The zero-order valence-electron chi connectivity index (χ0n) is 10.4. The quantitative estimate of drug-likeness (QED) is 0.297. The molecule has 4 N–H and O–H groups in total. The van der Waals surface area contributed by atoms with Crippen molar-refractivity contribution in [2.24, 2.45) is 5.84 Å². The van der Waals surface area contributed by atoms with Gasteiger partial charge in [-0.15, -0.1) is 0 Å². The van der Waals surface area contributed by atoms with Gasteiger partial charge in [-0.2, -0.15) is 0 Å². The Hall–Kier alpha value is -1.71. The van der Waals surface area contributed by atoms with Gasteiger partial charge in [-0.1, -0.05) is 13.3 Å². The van der Waals surface area contributed by atoms with Crippen molar-refractivity contribution in [2.75, 3.05) is 12.0 Å². The monoisotopic (exact) mass is 288 g/mol. The molecule has 0 aliphatic heterocycles. The highest BCUT2D eigenvalue weighted by Gasteiger charge is 2.21. The Morgan fingerprint density at radius 2 is 2.11 bits per heavy atom. The van der Waals surface area contributed by atoms with E-state index in [2.05, 4.69) is 10.1 Å². The molecule has 0 bridgehead atoms. The molecule has 8 nitrogen and oxygen atoms in total. The number of nitrogens with zero attached hydrogens (tertiary/aromatic N) is 1. The second-order valence-corrected chi connectivity index (χ2v) is 5.57. The third-order valence-corrected chi connectivity index (χ3v) is 3.94. The molecule has 0 heterocycles. The molecule has 1 aromatic rings. The molecule has 0 aliphatic carbocycles. The average Bonchev–Trinajstić information content (AvgIpc) is 2.38. The molecule has 0 spiro atoms. The number of unbranched alkanes of at least 4 members (excludes halogenated alkanes) is 1. The number of sulfonamides is 1. The minimum Gasteiger partial charge on any atom is -0.323 e. The lowest BCUT2D eigenvalue weighted by Crippen LogP contribution is -2.26. The summed E-state index contributed by atoms with van der Waals surface area (Å²) in [4.78, 5) is 9.78. The summed E-state index contributed by atoms with van der Waals surface area (Å²) >= 11 is 0. The van der Waals surface area contributed by atoms with E-state index in [1.54, 1.807) is 0 Å². The third-order valence-electron chi connectivity index (χ3n) is 2.44. The van der Waals surface area contributed by atoms with E-state index in [1.807, 2.05) is 6.92 Å². The van der Waals surface area contributed by atoms with E-state index in [1.165, 1.54) is 12.1 Å². The number of hydrogen-bond acceptors (Lipinski definition) is 6. The molecule has 0 saturated carbocycles. The molecule has 0 radical (unpaired) electrons. The Labute approximate surface area is 111 Å². The standard InChI is InChI=1S/C10H16N4O4S/c1-2-3-6-12-19(17,18)10-7-8(14(15)16)4-5-9(10)13-11/h4-5,7,12-13H,2-3,6,11H2,1H3. The van der Waals surface area contributed by atoms with Gasteiger partial charge in [0.05, 0.1) is 10.6 Å². The Bertz CT molecular complexity index is 559. The predicted octanol–water partition coefficient (Wildman–Crippen LogP) is 0.959. The number of benzene rings is 1. The summed E-state index contributed by atoms with van der Waals surface area (Å²) in [7, 11) is -3.83. The first-order chi connectivity index (χ1) is 8.92. The van der Waals surface area contributed by atoms with E-state index >= 15 is 0 Å². The molecule has 0 aliphatic rings. The number of hydrazine groups is 1. The van der Waals surface area contributed by atoms with Crippen LogP contribution in [0.4, 0.5) is 11.4 Å². The second kappa shape index (κ2) is 6.45. The molecule has 0 saturated heterocycles. The van der Waals surface area contributed by atoms with E-state index in [9.17, 15) is 18.5 Å². The van der Waals surface area contributed by atoms with E-state index in [0.717, 1.165) is 12.5 Å². The van der Waals surface area contributed by atoms with Gasteiger partial charge in [0.1, 0.15) is 4.90 Å². The highest BCUT2D eigenvalue weighted by molar-refractivity contribution is 7.89. The SMILES string of the molecule is CCCCNS(=O)(=O)c1cc([N+](=O)[O-])ccc1NN. The normalized spacial score (nSPS) is 11.3. The van der Waals surface area contributed by atoms with Crippen LogP contribution in [-0.4, -0.2) is 19.9 Å². The molecule has 19 heavy (non-hydrogen) atoms. The van der Waals surface area contributed by atoms with Crippen LogP contribution in [-0.2, 0) is 10.0 Å². The number of nitrogen functional groups attached to an aromatic ring is 1. The number of nitrogens with two attached hydrogens (primary N) is 1. The second-order valence-electron chi connectivity index (χ2n) is 3.83.